The molecule has 1 aromatic carbocycles. The molecule has 2 aliphatic rings. The average Bonchev–Trinajstić information content (AvgIpc) is 2.75. The van der Waals surface area contributed by atoms with Crippen molar-refractivity contribution < 1.29 is 14.3 Å². The number of thiocarbonyl (C=S) groups is 1. The van der Waals surface area contributed by atoms with Crippen molar-refractivity contribution in [1.29, 1.82) is 0 Å². The third-order valence-corrected chi connectivity index (χ3v) is 5.07. The number of methoxy groups -OCH3 is 1. The molecule has 1 heterocycles. The number of benzene rings is 1. The van der Waals surface area contributed by atoms with E-state index in [1.165, 1.54) is 7.11 Å². The van der Waals surface area contributed by atoms with Gasteiger partial charge in [0.25, 0.3) is 5.91 Å². The van der Waals surface area contributed by atoms with Gasteiger partial charge in [-0.2, -0.15) is 4.90 Å². The quantitative estimate of drug-likeness (QED) is 0.738. The summed E-state index contributed by atoms with van der Waals surface area (Å²) < 4.78 is 4.77. The Balaban J connectivity index is 2.11. The summed E-state index contributed by atoms with van der Waals surface area (Å²) in [6.45, 7) is 2.00. The number of carbonyl (C=O) groups is 2. The fraction of sp³-hybridized carbons (Fsp3) is 0.471. The normalized spacial score (nSPS) is 20.3. The number of ether oxygens (including phenoxy) is 1. The fourth-order valence-electron chi connectivity index (χ4n) is 3.62. The van der Waals surface area contributed by atoms with Crippen LogP contribution in [0.2, 0.25) is 0 Å². The van der Waals surface area contributed by atoms with Crippen molar-refractivity contribution in [3.63, 3.8) is 0 Å². The Morgan fingerprint density at radius 2 is 1.96 bits per heavy atom. The van der Waals surface area contributed by atoms with Gasteiger partial charge in [0, 0.05) is 5.69 Å². The van der Waals surface area contributed by atoms with Crippen LogP contribution in [0.3, 0.4) is 0 Å². The zero-order chi connectivity index (χ0) is 16.6. The van der Waals surface area contributed by atoms with Crippen molar-refractivity contribution in [2.75, 3.05) is 12.0 Å². The highest BCUT2D eigenvalue weighted by Gasteiger charge is 2.58. The van der Waals surface area contributed by atoms with Crippen LogP contribution in [0.25, 0.3) is 0 Å². The number of amides is 2. The maximum Gasteiger partial charge on any atom is 0.422 e. The maximum atomic E-state index is 13.1. The summed E-state index contributed by atoms with van der Waals surface area (Å²) in [5, 5.41) is 0.217. The number of rotatable bonds is 1. The molecule has 0 bridgehead atoms. The van der Waals surface area contributed by atoms with E-state index in [1.54, 1.807) is 0 Å². The van der Waals surface area contributed by atoms with E-state index in [-0.39, 0.29) is 11.0 Å². The second-order valence-electron chi connectivity index (χ2n) is 6.16. The van der Waals surface area contributed by atoms with Crippen molar-refractivity contribution >= 4 is 35.0 Å². The van der Waals surface area contributed by atoms with Crippen molar-refractivity contribution in [2.45, 2.75) is 44.6 Å². The fourth-order valence-corrected chi connectivity index (χ4v) is 4.06. The van der Waals surface area contributed by atoms with Crippen molar-refractivity contribution in [2.24, 2.45) is 0 Å². The van der Waals surface area contributed by atoms with Gasteiger partial charge in [0.15, 0.2) is 5.11 Å². The van der Waals surface area contributed by atoms with Gasteiger partial charge in [0.05, 0.1) is 7.11 Å². The lowest BCUT2D eigenvalue weighted by Gasteiger charge is -2.39. The summed E-state index contributed by atoms with van der Waals surface area (Å²) in [6.07, 6.45) is 3.69. The van der Waals surface area contributed by atoms with Crippen molar-refractivity contribution in [3.05, 3.63) is 29.8 Å². The van der Waals surface area contributed by atoms with E-state index in [1.807, 2.05) is 36.1 Å². The lowest BCUT2D eigenvalue weighted by atomic mass is 9.80. The molecule has 0 aromatic heterocycles. The van der Waals surface area contributed by atoms with Gasteiger partial charge in [-0.3, -0.25) is 4.79 Å². The van der Waals surface area contributed by atoms with Gasteiger partial charge < -0.3 is 9.64 Å². The first-order chi connectivity index (χ1) is 11.0. The van der Waals surface area contributed by atoms with Gasteiger partial charge in [-0.05, 0) is 49.7 Å². The van der Waals surface area contributed by atoms with Crippen LogP contribution in [0, 0.1) is 6.92 Å². The molecule has 1 saturated carbocycles. The third kappa shape index (κ3) is 2.41. The zero-order valence-electron chi connectivity index (χ0n) is 13.4. The molecule has 1 spiro atoms. The molecular weight excluding hydrogens is 312 g/mol. The Morgan fingerprint density at radius 3 is 2.57 bits per heavy atom. The molecule has 1 saturated heterocycles. The topological polar surface area (TPSA) is 49.9 Å². The highest BCUT2D eigenvalue weighted by Crippen LogP contribution is 2.43. The van der Waals surface area contributed by atoms with Gasteiger partial charge in [-0.25, -0.2) is 4.79 Å². The van der Waals surface area contributed by atoms with Crippen LogP contribution in [0.4, 0.5) is 10.5 Å². The van der Waals surface area contributed by atoms with Gasteiger partial charge >= 0.3 is 6.09 Å². The number of hydrogen-bond acceptors (Lipinski definition) is 4. The second-order valence-corrected chi connectivity index (χ2v) is 6.52. The number of nitrogens with zero attached hydrogens (tertiary/aromatic N) is 2. The molecule has 6 heteroatoms. The van der Waals surface area contributed by atoms with Crippen LogP contribution in [-0.2, 0) is 9.53 Å². The molecule has 23 heavy (non-hydrogen) atoms. The summed E-state index contributed by atoms with van der Waals surface area (Å²) in [7, 11) is 1.26. The van der Waals surface area contributed by atoms with Gasteiger partial charge in [-0.15, -0.1) is 0 Å². The zero-order valence-corrected chi connectivity index (χ0v) is 14.2. The van der Waals surface area contributed by atoms with E-state index in [9.17, 15) is 9.59 Å². The van der Waals surface area contributed by atoms with Crippen LogP contribution in [-0.4, -0.2) is 34.7 Å². The number of carbonyl (C=O) groups excluding carboxylic acids is 2. The van der Waals surface area contributed by atoms with Gasteiger partial charge in [0.2, 0.25) is 0 Å². The van der Waals surface area contributed by atoms with E-state index in [0.29, 0.717) is 12.8 Å². The Hall–Kier alpha value is -1.95. The standard InChI is InChI=1S/C17H20N2O3S/c1-12-7-6-8-13(11-12)19-15(23)18(16(21)22-2)14(20)17(19)9-4-3-5-10-17/h6-8,11H,3-5,9-10H2,1-2H3. The first-order valence-corrected chi connectivity index (χ1v) is 8.25. The van der Waals surface area contributed by atoms with E-state index >= 15 is 0 Å². The molecule has 0 radical (unpaired) electrons. The summed E-state index contributed by atoms with van der Waals surface area (Å²) in [4.78, 5) is 28.0. The predicted molar refractivity (Wildman–Crippen MR) is 91.3 cm³/mol. The van der Waals surface area contributed by atoms with Crippen LogP contribution in [0.5, 0.6) is 0 Å². The summed E-state index contributed by atoms with van der Waals surface area (Å²) in [5.41, 5.74) is 1.19. The largest absolute Gasteiger partial charge is 0.452 e. The molecule has 1 aliphatic carbocycles. The Labute approximate surface area is 141 Å². The van der Waals surface area contributed by atoms with Gasteiger partial charge in [0.1, 0.15) is 5.54 Å². The molecular formula is C17H20N2O3S. The molecule has 3 rings (SSSR count). The molecule has 1 aliphatic heterocycles. The van der Waals surface area contributed by atoms with Crippen LogP contribution < -0.4 is 4.90 Å². The summed E-state index contributed by atoms with van der Waals surface area (Å²) >= 11 is 5.49. The van der Waals surface area contributed by atoms with Gasteiger partial charge in [-0.1, -0.05) is 31.4 Å². The molecule has 122 valence electrons. The highest BCUT2D eigenvalue weighted by molar-refractivity contribution is 7.80. The summed E-state index contributed by atoms with van der Waals surface area (Å²) in [5.74, 6) is -0.254. The van der Waals surface area contributed by atoms with E-state index in [2.05, 4.69) is 0 Å². The predicted octanol–water partition coefficient (Wildman–Crippen LogP) is 3.40. The first kappa shape index (κ1) is 15.9. The molecule has 5 nitrogen and oxygen atoms in total. The van der Waals surface area contributed by atoms with E-state index in [4.69, 9.17) is 17.0 Å². The number of imide groups is 1. The molecule has 0 unspecified atom stereocenters. The summed E-state index contributed by atoms with van der Waals surface area (Å²) in [6, 6.07) is 7.87. The second kappa shape index (κ2) is 5.92. The van der Waals surface area contributed by atoms with Crippen LogP contribution in [0.15, 0.2) is 24.3 Å². The maximum absolute atomic E-state index is 13.1. The Morgan fingerprint density at radius 1 is 1.26 bits per heavy atom. The lowest BCUT2D eigenvalue weighted by Crippen LogP contribution is -2.51. The molecule has 2 fully saturated rings. The number of aryl methyl sites for hydroxylation is 1. The molecule has 0 N–H and O–H groups in total. The minimum Gasteiger partial charge on any atom is -0.452 e. The monoisotopic (exact) mass is 332 g/mol. The van der Waals surface area contributed by atoms with Crippen LogP contribution in [0.1, 0.15) is 37.7 Å². The Kier molecular flexibility index (Phi) is 4.10. The molecule has 2 amide bonds. The molecule has 1 aromatic rings. The lowest BCUT2D eigenvalue weighted by molar-refractivity contribution is -0.130. The van der Waals surface area contributed by atoms with E-state index < -0.39 is 11.6 Å². The number of anilines is 1. The van der Waals surface area contributed by atoms with E-state index in [0.717, 1.165) is 35.4 Å². The Bertz CT molecular complexity index is 668. The highest BCUT2D eigenvalue weighted by atomic mass is 32.1. The molecule has 0 atom stereocenters. The smallest absolute Gasteiger partial charge is 0.422 e. The van der Waals surface area contributed by atoms with Crippen molar-refractivity contribution in [3.8, 4) is 0 Å². The number of hydrogen-bond donors (Lipinski definition) is 0. The van der Waals surface area contributed by atoms with Crippen LogP contribution >= 0.6 is 12.2 Å². The minimum absolute atomic E-state index is 0.217. The minimum atomic E-state index is -0.753. The van der Waals surface area contributed by atoms with Crippen molar-refractivity contribution in [1.82, 2.24) is 4.90 Å². The third-order valence-electron chi connectivity index (χ3n) is 4.71. The first-order valence-electron chi connectivity index (χ1n) is 7.84. The average molecular weight is 332 g/mol. The SMILES string of the molecule is COC(=O)N1C(=O)C2(CCCCC2)N(c2cccc(C)c2)C1=S.